The highest BCUT2D eigenvalue weighted by Gasteiger charge is 2.32. The van der Waals surface area contributed by atoms with E-state index < -0.39 is 0 Å². The highest BCUT2D eigenvalue weighted by Crippen LogP contribution is 2.33. The molecule has 1 fully saturated rings. The molecule has 24 heavy (non-hydrogen) atoms. The molecule has 1 aromatic carbocycles. The van der Waals surface area contributed by atoms with Gasteiger partial charge in [0, 0.05) is 6.54 Å². The summed E-state index contributed by atoms with van der Waals surface area (Å²) < 4.78 is 1.72. The van der Waals surface area contributed by atoms with Crippen LogP contribution < -0.4 is 0 Å². The fraction of sp³-hybridized carbons (Fsp3) is 0.278. The third-order valence-corrected chi connectivity index (χ3v) is 5.09. The molecule has 1 aliphatic rings. The topological polar surface area (TPSA) is 51.0 Å². The van der Waals surface area contributed by atoms with Crippen LogP contribution in [0.3, 0.4) is 0 Å². The summed E-state index contributed by atoms with van der Waals surface area (Å²) >= 11 is 1.67. The molecule has 1 saturated heterocycles. The maximum atomic E-state index is 12.8. The zero-order chi connectivity index (χ0) is 16.4. The molecule has 1 aliphatic heterocycles. The molecule has 2 aromatic heterocycles. The molecule has 1 unspecified atom stereocenters. The van der Waals surface area contributed by atoms with Gasteiger partial charge in [0.2, 0.25) is 0 Å². The van der Waals surface area contributed by atoms with E-state index in [2.05, 4.69) is 27.1 Å². The maximum absolute atomic E-state index is 12.8. The normalized spacial score (nSPS) is 17.3. The van der Waals surface area contributed by atoms with Crippen LogP contribution in [-0.4, -0.2) is 32.3 Å². The summed E-state index contributed by atoms with van der Waals surface area (Å²) in [7, 11) is 0. The zero-order valence-corrected chi connectivity index (χ0v) is 14.0. The van der Waals surface area contributed by atoms with Crippen LogP contribution in [0.5, 0.6) is 0 Å². The van der Waals surface area contributed by atoms with Gasteiger partial charge in [-0.25, -0.2) is 4.68 Å². The van der Waals surface area contributed by atoms with E-state index in [0.29, 0.717) is 12.2 Å². The average Bonchev–Trinajstić information content (AvgIpc) is 3.35. The van der Waals surface area contributed by atoms with Crippen LogP contribution in [-0.2, 0) is 6.54 Å². The van der Waals surface area contributed by atoms with E-state index in [4.69, 9.17) is 0 Å². The predicted octanol–water partition coefficient (Wildman–Crippen LogP) is 3.37. The minimum absolute atomic E-state index is 0.0250. The molecule has 0 aliphatic carbocycles. The van der Waals surface area contributed by atoms with Crippen LogP contribution in [0.4, 0.5) is 0 Å². The Labute approximate surface area is 144 Å². The Bertz CT molecular complexity index is 813. The zero-order valence-electron chi connectivity index (χ0n) is 13.2. The Balaban J connectivity index is 1.50. The number of aromatic nitrogens is 3. The molecule has 3 heterocycles. The number of rotatable bonds is 4. The van der Waals surface area contributed by atoms with Crippen molar-refractivity contribution in [1.29, 1.82) is 0 Å². The number of carbonyl (C=O) groups excluding carboxylic acids is 1. The highest BCUT2D eigenvalue weighted by atomic mass is 32.1. The number of nitrogens with zero attached hydrogens (tertiary/aromatic N) is 4. The van der Waals surface area contributed by atoms with Crippen LogP contribution in [0.15, 0.2) is 53.4 Å². The molecule has 0 bridgehead atoms. The fourth-order valence-corrected chi connectivity index (χ4v) is 3.92. The van der Waals surface area contributed by atoms with Gasteiger partial charge >= 0.3 is 0 Å². The summed E-state index contributed by atoms with van der Waals surface area (Å²) in [5, 5.41) is 12.4. The molecular weight excluding hydrogens is 320 g/mol. The Kier molecular flexibility index (Phi) is 4.13. The van der Waals surface area contributed by atoms with E-state index in [1.54, 1.807) is 22.2 Å². The molecule has 0 spiro atoms. The Morgan fingerprint density at radius 1 is 1.25 bits per heavy atom. The van der Waals surface area contributed by atoms with Crippen molar-refractivity contribution in [2.45, 2.75) is 25.4 Å². The summed E-state index contributed by atoms with van der Waals surface area (Å²) in [6.07, 6.45) is 3.80. The van der Waals surface area contributed by atoms with Crippen LogP contribution in [0, 0.1) is 0 Å². The lowest BCUT2D eigenvalue weighted by Crippen LogP contribution is -2.30. The number of likely N-dealkylation sites (tertiary alicyclic amines) is 1. The molecule has 4 rings (SSSR count). The predicted molar refractivity (Wildman–Crippen MR) is 92.9 cm³/mol. The van der Waals surface area contributed by atoms with E-state index in [1.165, 1.54) is 5.56 Å². The quantitative estimate of drug-likeness (QED) is 0.733. The average molecular weight is 338 g/mol. The summed E-state index contributed by atoms with van der Waals surface area (Å²) in [5.41, 5.74) is 2.79. The third kappa shape index (κ3) is 2.97. The Morgan fingerprint density at radius 3 is 2.92 bits per heavy atom. The molecule has 1 amide bonds. The number of amides is 1. The fourth-order valence-electron chi connectivity index (χ4n) is 3.21. The van der Waals surface area contributed by atoms with E-state index in [1.807, 2.05) is 35.2 Å². The number of benzene rings is 1. The third-order valence-electron chi connectivity index (χ3n) is 4.39. The second-order valence-corrected chi connectivity index (χ2v) is 6.78. The van der Waals surface area contributed by atoms with E-state index >= 15 is 0 Å². The second kappa shape index (κ2) is 6.57. The Hall–Kier alpha value is -2.47. The van der Waals surface area contributed by atoms with Gasteiger partial charge in [-0.05, 0) is 40.8 Å². The van der Waals surface area contributed by atoms with Gasteiger partial charge in [-0.2, -0.15) is 11.3 Å². The SMILES string of the molecule is O=C(c1cn(Cc2ccccc2)nn1)N1CCCC1c1ccsc1. The summed E-state index contributed by atoms with van der Waals surface area (Å²) in [4.78, 5) is 14.8. The van der Waals surface area contributed by atoms with E-state index in [9.17, 15) is 4.79 Å². The molecule has 6 heteroatoms. The van der Waals surface area contributed by atoms with Crippen molar-refractivity contribution in [3.05, 3.63) is 70.2 Å². The van der Waals surface area contributed by atoms with Gasteiger partial charge in [-0.15, -0.1) is 5.10 Å². The first kappa shape index (κ1) is 15.1. The van der Waals surface area contributed by atoms with E-state index in [-0.39, 0.29) is 11.9 Å². The first-order chi connectivity index (χ1) is 11.8. The molecule has 0 saturated carbocycles. The van der Waals surface area contributed by atoms with Crippen LogP contribution >= 0.6 is 11.3 Å². The monoisotopic (exact) mass is 338 g/mol. The summed E-state index contributed by atoms with van der Waals surface area (Å²) in [5.74, 6) is -0.0250. The summed E-state index contributed by atoms with van der Waals surface area (Å²) in [6.45, 7) is 1.40. The van der Waals surface area contributed by atoms with Crippen molar-refractivity contribution in [3.8, 4) is 0 Å². The van der Waals surface area contributed by atoms with Gasteiger partial charge in [-0.3, -0.25) is 4.79 Å². The van der Waals surface area contributed by atoms with Gasteiger partial charge in [0.1, 0.15) is 0 Å². The van der Waals surface area contributed by atoms with Crippen molar-refractivity contribution < 1.29 is 4.79 Å². The number of hydrogen-bond acceptors (Lipinski definition) is 4. The molecular formula is C18H18N4OS. The van der Waals surface area contributed by atoms with Gasteiger partial charge in [-0.1, -0.05) is 35.5 Å². The van der Waals surface area contributed by atoms with Crippen molar-refractivity contribution in [1.82, 2.24) is 19.9 Å². The lowest BCUT2D eigenvalue weighted by molar-refractivity contribution is 0.0730. The summed E-state index contributed by atoms with van der Waals surface area (Å²) in [6, 6.07) is 12.3. The smallest absolute Gasteiger partial charge is 0.276 e. The van der Waals surface area contributed by atoms with Gasteiger partial charge in [0.25, 0.3) is 5.91 Å². The molecule has 122 valence electrons. The lowest BCUT2D eigenvalue weighted by atomic mass is 10.1. The van der Waals surface area contributed by atoms with Crippen LogP contribution in [0.2, 0.25) is 0 Å². The van der Waals surface area contributed by atoms with Crippen molar-refractivity contribution >= 4 is 17.2 Å². The number of thiophene rings is 1. The van der Waals surface area contributed by atoms with Crippen molar-refractivity contribution in [3.63, 3.8) is 0 Å². The number of hydrogen-bond donors (Lipinski definition) is 0. The van der Waals surface area contributed by atoms with E-state index in [0.717, 1.165) is 24.9 Å². The first-order valence-electron chi connectivity index (χ1n) is 8.08. The van der Waals surface area contributed by atoms with Crippen molar-refractivity contribution in [2.24, 2.45) is 0 Å². The minimum atomic E-state index is -0.0250. The molecule has 0 radical (unpaired) electrons. The van der Waals surface area contributed by atoms with Gasteiger partial charge in [0.15, 0.2) is 5.69 Å². The van der Waals surface area contributed by atoms with Crippen LogP contribution in [0.25, 0.3) is 0 Å². The molecule has 0 N–H and O–H groups in total. The maximum Gasteiger partial charge on any atom is 0.276 e. The molecule has 3 aromatic rings. The van der Waals surface area contributed by atoms with Gasteiger partial charge < -0.3 is 4.90 Å². The van der Waals surface area contributed by atoms with Crippen molar-refractivity contribution in [2.75, 3.05) is 6.54 Å². The second-order valence-electron chi connectivity index (χ2n) is 6.00. The largest absolute Gasteiger partial charge is 0.330 e. The molecule has 1 atom stereocenters. The van der Waals surface area contributed by atoms with Gasteiger partial charge in [0.05, 0.1) is 18.8 Å². The standard InChI is InChI=1S/C18H18N4OS/c23-18(22-9-4-7-17(22)15-8-10-24-13-15)16-12-21(20-19-16)11-14-5-2-1-3-6-14/h1-3,5-6,8,10,12-13,17H,4,7,9,11H2. The minimum Gasteiger partial charge on any atom is -0.330 e. The number of carbonyl (C=O) groups is 1. The molecule has 5 nitrogen and oxygen atoms in total. The Morgan fingerprint density at radius 2 is 2.12 bits per heavy atom. The van der Waals surface area contributed by atoms with Crippen LogP contribution in [0.1, 0.15) is 40.5 Å². The highest BCUT2D eigenvalue weighted by molar-refractivity contribution is 7.08. The first-order valence-corrected chi connectivity index (χ1v) is 9.02. The lowest BCUT2D eigenvalue weighted by Gasteiger charge is -2.23.